The molecule has 144 valence electrons. The third-order valence-corrected chi connectivity index (χ3v) is 4.10. The van der Waals surface area contributed by atoms with Crippen molar-refractivity contribution in [1.29, 1.82) is 0 Å². The van der Waals surface area contributed by atoms with Gasteiger partial charge in [-0.25, -0.2) is 9.67 Å². The van der Waals surface area contributed by atoms with Gasteiger partial charge in [-0.3, -0.25) is 10.2 Å². The van der Waals surface area contributed by atoms with Gasteiger partial charge in [-0.15, -0.1) is 0 Å². The Morgan fingerprint density at radius 3 is 2.70 bits per heavy atom. The van der Waals surface area contributed by atoms with Crippen molar-refractivity contribution in [3.05, 3.63) is 42.5 Å². The first-order valence-electron chi connectivity index (χ1n) is 8.70. The monoisotopic (exact) mass is 388 g/mol. The Labute approximate surface area is 164 Å². The first kappa shape index (κ1) is 20.5. The lowest BCUT2D eigenvalue weighted by Gasteiger charge is -2.08. The van der Waals surface area contributed by atoms with Crippen LogP contribution in [0.1, 0.15) is 38.2 Å². The molecule has 1 heterocycles. The summed E-state index contributed by atoms with van der Waals surface area (Å²) in [4.78, 5) is 14.9. The highest BCUT2D eigenvalue weighted by molar-refractivity contribution is 7.80. The number of thiocarbonyl (C=S) groups is 1. The molecule has 0 amide bonds. The quantitative estimate of drug-likeness (QED) is 0.224. The van der Waals surface area contributed by atoms with Gasteiger partial charge >= 0.3 is 5.97 Å². The zero-order chi connectivity index (χ0) is 19.5. The summed E-state index contributed by atoms with van der Waals surface area (Å²) in [6.07, 6.45) is 6.28. The molecule has 27 heavy (non-hydrogen) atoms. The van der Waals surface area contributed by atoms with E-state index in [-0.39, 0.29) is 5.97 Å². The summed E-state index contributed by atoms with van der Waals surface area (Å²) in [5, 5.41) is 12.0. The number of benzene rings is 1. The summed E-state index contributed by atoms with van der Waals surface area (Å²) in [7, 11) is 1.40. The van der Waals surface area contributed by atoms with Crippen LogP contribution in [0.4, 0.5) is 0 Å². The highest BCUT2D eigenvalue weighted by atomic mass is 32.1. The number of hydrogen-bond donors (Lipinski definition) is 2. The Hall–Kier alpha value is -2.81. The molecular weight excluding hydrogens is 364 g/mol. The lowest BCUT2D eigenvalue weighted by molar-refractivity contribution is -0.140. The molecule has 0 fully saturated rings. The second kappa shape index (κ2) is 11.0. The number of hydrazone groups is 1. The van der Waals surface area contributed by atoms with Crippen LogP contribution < -0.4 is 10.7 Å². The lowest BCUT2D eigenvalue weighted by Crippen LogP contribution is -2.33. The summed E-state index contributed by atoms with van der Waals surface area (Å²) >= 11 is 5.21. The Morgan fingerprint density at radius 1 is 1.26 bits per heavy atom. The molecule has 1 aromatic heterocycles. The van der Waals surface area contributed by atoms with Crippen molar-refractivity contribution in [2.75, 3.05) is 13.7 Å². The van der Waals surface area contributed by atoms with Crippen LogP contribution >= 0.6 is 12.2 Å². The van der Waals surface area contributed by atoms with E-state index in [2.05, 4.69) is 30.7 Å². The lowest BCUT2D eigenvalue weighted by atomic mass is 10.1. The van der Waals surface area contributed by atoms with E-state index in [9.17, 15) is 4.79 Å². The number of aromatic nitrogens is 3. The summed E-state index contributed by atoms with van der Waals surface area (Å²) in [6, 6.07) is 7.84. The minimum atomic E-state index is -0.167. The summed E-state index contributed by atoms with van der Waals surface area (Å²) in [5.41, 5.74) is 5.58. The van der Waals surface area contributed by atoms with Gasteiger partial charge in [0.2, 0.25) is 0 Å². The zero-order valence-electron chi connectivity index (χ0n) is 15.5. The number of esters is 1. The molecule has 0 spiro atoms. The number of nitrogens with one attached hydrogen (secondary N) is 2. The first-order chi connectivity index (χ1) is 13.1. The maximum Gasteiger partial charge on any atom is 0.305 e. The second-order valence-corrected chi connectivity index (χ2v) is 6.25. The van der Waals surface area contributed by atoms with E-state index in [0.717, 1.165) is 42.8 Å². The summed E-state index contributed by atoms with van der Waals surface area (Å²) < 4.78 is 6.30. The molecule has 9 heteroatoms. The van der Waals surface area contributed by atoms with Crippen molar-refractivity contribution in [2.24, 2.45) is 5.10 Å². The molecule has 0 saturated carbocycles. The molecule has 2 aromatic rings. The topological polar surface area (TPSA) is 93.4 Å². The van der Waals surface area contributed by atoms with E-state index in [1.165, 1.54) is 13.4 Å². The van der Waals surface area contributed by atoms with E-state index in [1.807, 2.05) is 31.2 Å². The molecule has 0 radical (unpaired) electrons. The first-order valence-corrected chi connectivity index (χ1v) is 9.11. The smallest absolute Gasteiger partial charge is 0.305 e. The number of unbranched alkanes of at least 4 members (excludes halogenated alkanes) is 2. The molecule has 0 atom stereocenters. The number of hydrogen-bond acceptors (Lipinski definition) is 6. The summed E-state index contributed by atoms with van der Waals surface area (Å²) in [5.74, 6) is -0.167. The van der Waals surface area contributed by atoms with E-state index in [0.29, 0.717) is 11.5 Å². The number of nitrogens with zero attached hydrogens (tertiary/aromatic N) is 4. The van der Waals surface area contributed by atoms with Crippen molar-refractivity contribution in [2.45, 2.75) is 32.6 Å². The van der Waals surface area contributed by atoms with E-state index >= 15 is 0 Å². The van der Waals surface area contributed by atoms with Gasteiger partial charge in [0.25, 0.3) is 0 Å². The van der Waals surface area contributed by atoms with Crippen LogP contribution in [0.15, 0.2) is 42.0 Å². The summed E-state index contributed by atoms with van der Waals surface area (Å²) in [6.45, 7) is 2.64. The number of carbonyl (C=O) groups is 1. The maximum atomic E-state index is 11.0. The van der Waals surface area contributed by atoms with Gasteiger partial charge in [-0.1, -0.05) is 18.6 Å². The molecular formula is C18H24N6O2S. The van der Waals surface area contributed by atoms with Gasteiger partial charge in [-0.2, -0.15) is 10.2 Å². The third-order valence-electron chi connectivity index (χ3n) is 3.86. The highest BCUT2D eigenvalue weighted by Gasteiger charge is 2.02. The van der Waals surface area contributed by atoms with Gasteiger partial charge in [0.1, 0.15) is 12.7 Å². The fourth-order valence-corrected chi connectivity index (χ4v) is 2.46. The molecule has 0 unspecified atom stereocenters. The fourth-order valence-electron chi connectivity index (χ4n) is 2.31. The van der Waals surface area contributed by atoms with Crippen molar-refractivity contribution in [1.82, 2.24) is 25.5 Å². The van der Waals surface area contributed by atoms with Crippen LogP contribution in [0, 0.1) is 0 Å². The SMILES string of the molecule is COC(=O)CCCCCNC(=S)N/N=C(/C)c1ccc(-n2cncn2)cc1. The normalized spacial score (nSPS) is 11.1. The van der Waals surface area contributed by atoms with E-state index in [1.54, 1.807) is 11.0 Å². The van der Waals surface area contributed by atoms with Gasteiger partial charge in [0, 0.05) is 13.0 Å². The largest absolute Gasteiger partial charge is 0.469 e. The molecule has 0 saturated heterocycles. The molecule has 2 N–H and O–H groups in total. The molecule has 2 rings (SSSR count). The van der Waals surface area contributed by atoms with Crippen LogP contribution in [0.25, 0.3) is 5.69 Å². The molecule has 0 bridgehead atoms. The third kappa shape index (κ3) is 7.14. The van der Waals surface area contributed by atoms with Crippen LogP contribution in [-0.4, -0.2) is 45.2 Å². The van der Waals surface area contributed by atoms with Crippen molar-refractivity contribution < 1.29 is 9.53 Å². The predicted octanol–water partition coefficient (Wildman–Crippen LogP) is 2.19. The van der Waals surface area contributed by atoms with Gasteiger partial charge < -0.3 is 10.1 Å². The number of ether oxygens (including phenoxy) is 1. The number of methoxy groups -OCH3 is 1. The van der Waals surface area contributed by atoms with Gasteiger partial charge in [-0.05, 0) is 49.7 Å². The van der Waals surface area contributed by atoms with Gasteiger partial charge in [0.15, 0.2) is 5.11 Å². The Kier molecular flexibility index (Phi) is 8.37. The maximum absolute atomic E-state index is 11.0. The molecule has 0 aliphatic rings. The second-order valence-electron chi connectivity index (χ2n) is 5.84. The van der Waals surface area contributed by atoms with Crippen molar-refractivity contribution in [3.63, 3.8) is 0 Å². The Balaban J connectivity index is 1.70. The Bertz CT molecular complexity index is 759. The molecule has 0 aliphatic carbocycles. The minimum absolute atomic E-state index is 0.167. The Morgan fingerprint density at radius 2 is 2.04 bits per heavy atom. The van der Waals surface area contributed by atoms with Crippen LogP contribution in [-0.2, 0) is 9.53 Å². The standard InChI is InChI=1S/C18H24N6O2S/c1-14(15-7-9-16(10-8-15)24-13-19-12-21-24)22-23-18(27)20-11-5-3-4-6-17(25)26-2/h7-10,12-13H,3-6,11H2,1-2H3,(H2,20,23,27)/b22-14-. The molecule has 8 nitrogen and oxygen atoms in total. The highest BCUT2D eigenvalue weighted by Crippen LogP contribution is 2.08. The van der Waals surface area contributed by atoms with Crippen molar-refractivity contribution >= 4 is 29.0 Å². The van der Waals surface area contributed by atoms with Gasteiger partial charge in [0.05, 0.1) is 18.5 Å². The average Bonchev–Trinajstić information content (AvgIpc) is 3.23. The van der Waals surface area contributed by atoms with Crippen LogP contribution in [0.2, 0.25) is 0 Å². The van der Waals surface area contributed by atoms with E-state index in [4.69, 9.17) is 12.2 Å². The van der Waals surface area contributed by atoms with E-state index < -0.39 is 0 Å². The minimum Gasteiger partial charge on any atom is -0.469 e. The molecule has 0 aliphatic heterocycles. The predicted molar refractivity (Wildman–Crippen MR) is 108 cm³/mol. The number of carbonyl (C=O) groups excluding carboxylic acids is 1. The number of rotatable bonds is 9. The average molecular weight is 388 g/mol. The van der Waals surface area contributed by atoms with Crippen LogP contribution in [0.5, 0.6) is 0 Å². The fraction of sp³-hybridized carbons (Fsp3) is 0.389. The molecule has 1 aromatic carbocycles. The van der Waals surface area contributed by atoms with Crippen molar-refractivity contribution in [3.8, 4) is 5.69 Å². The zero-order valence-corrected chi connectivity index (χ0v) is 16.3. The van der Waals surface area contributed by atoms with Crippen LogP contribution in [0.3, 0.4) is 0 Å².